The first-order chi connectivity index (χ1) is 10.7. The molecule has 3 rings (SSSR count). The molecule has 0 spiro atoms. The molecule has 1 saturated carbocycles. The minimum absolute atomic E-state index is 0.611. The summed E-state index contributed by atoms with van der Waals surface area (Å²) in [6, 6.07) is 9.40. The molecule has 22 heavy (non-hydrogen) atoms. The maximum absolute atomic E-state index is 13.3. The van der Waals surface area contributed by atoms with E-state index in [-0.39, 0.29) is 0 Å². The highest BCUT2D eigenvalue weighted by Gasteiger charge is 2.21. The standard InChI is InChI=1S/C19H21F2N/c1-2-13-3-5-14(6-4-13)15-7-9-16(10-8-15)17-11-18(20)19(21)22-12-17/h7-14H,2-6H2,1H3/t13-,14-. The molecule has 0 aliphatic heterocycles. The van der Waals surface area contributed by atoms with Crippen LogP contribution >= 0.6 is 0 Å². The van der Waals surface area contributed by atoms with E-state index in [1.165, 1.54) is 49.9 Å². The van der Waals surface area contributed by atoms with E-state index >= 15 is 0 Å². The summed E-state index contributed by atoms with van der Waals surface area (Å²) in [4.78, 5) is 3.44. The zero-order chi connectivity index (χ0) is 15.5. The second-order valence-electron chi connectivity index (χ2n) is 6.24. The quantitative estimate of drug-likeness (QED) is 0.662. The molecule has 3 heteroatoms. The van der Waals surface area contributed by atoms with Crippen LogP contribution in [0.2, 0.25) is 0 Å². The Balaban J connectivity index is 1.74. The van der Waals surface area contributed by atoms with Crippen LogP contribution in [0.5, 0.6) is 0 Å². The predicted molar refractivity (Wildman–Crippen MR) is 84.6 cm³/mol. The van der Waals surface area contributed by atoms with Gasteiger partial charge in [-0.15, -0.1) is 0 Å². The van der Waals surface area contributed by atoms with Crippen molar-refractivity contribution in [3.05, 3.63) is 53.9 Å². The summed E-state index contributed by atoms with van der Waals surface area (Å²) in [7, 11) is 0. The molecule has 0 unspecified atom stereocenters. The van der Waals surface area contributed by atoms with Crippen LogP contribution < -0.4 is 0 Å². The summed E-state index contributed by atoms with van der Waals surface area (Å²) >= 11 is 0. The Bertz CT molecular complexity index is 628. The van der Waals surface area contributed by atoms with E-state index in [1.54, 1.807) is 0 Å². The second kappa shape index (κ2) is 6.55. The van der Waals surface area contributed by atoms with Gasteiger partial charge in [-0.05, 0) is 54.7 Å². The Hall–Kier alpha value is -1.77. The van der Waals surface area contributed by atoms with E-state index in [0.717, 1.165) is 11.5 Å². The van der Waals surface area contributed by atoms with Gasteiger partial charge in [0.15, 0.2) is 5.82 Å². The molecule has 0 bridgehead atoms. The van der Waals surface area contributed by atoms with Crippen LogP contribution in [0.25, 0.3) is 11.1 Å². The SMILES string of the molecule is CC[C@H]1CC[C@H](c2ccc(-c3cnc(F)c(F)c3)cc2)CC1. The maximum Gasteiger partial charge on any atom is 0.248 e. The minimum Gasteiger partial charge on any atom is -0.225 e. The molecule has 0 atom stereocenters. The molecular formula is C19H21F2N. The van der Waals surface area contributed by atoms with Gasteiger partial charge in [-0.3, -0.25) is 0 Å². The fourth-order valence-electron chi connectivity index (χ4n) is 3.43. The fourth-order valence-corrected chi connectivity index (χ4v) is 3.43. The molecule has 116 valence electrons. The Labute approximate surface area is 130 Å². The Morgan fingerprint density at radius 1 is 1.00 bits per heavy atom. The molecule has 1 heterocycles. The second-order valence-corrected chi connectivity index (χ2v) is 6.24. The lowest BCUT2D eigenvalue weighted by Gasteiger charge is -2.28. The van der Waals surface area contributed by atoms with Crippen molar-refractivity contribution >= 4 is 0 Å². The molecule has 0 N–H and O–H groups in total. The Morgan fingerprint density at radius 3 is 2.27 bits per heavy atom. The molecule has 0 amide bonds. The van der Waals surface area contributed by atoms with E-state index in [4.69, 9.17) is 0 Å². The summed E-state index contributed by atoms with van der Waals surface area (Å²) < 4.78 is 26.2. The first kappa shape index (κ1) is 15.1. The lowest BCUT2D eigenvalue weighted by atomic mass is 9.78. The largest absolute Gasteiger partial charge is 0.248 e. The third-order valence-corrected chi connectivity index (χ3v) is 4.94. The molecular weight excluding hydrogens is 280 g/mol. The van der Waals surface area contributed by atoms with E-state index < -0.39 is 11.8 Å². The van der Waals surface area contributed by atoms with Crippen molar-refractivity contribution in [2.45, 2.75) is 44.9 Å². The molecule has 2 aromatic rings. The zero-order valence-corrected chi connectivity index (χ0v) is 12.9. The Morgan fingerprint density at radius 2 is 1.68 bits per heavy atom. The van der Waals surface area contributed by atoms with E-state index in [1.807, 2.05) is 12.1 Å². The van der Waals surface area contributed by atoms with Crippen molar-refractivity contribution in [2.75, 3.05) is 0 Å². The summed E-state index contributed by atoms with van der Waals surface area (Å²) in [5.74, 6) is -0.420. The number of hydrogen-bond donors (Lipinski definition) is 0. The van der Waals surface area contributed by atoms with Gasteiger partial charge in [-0.1, -0.05) is 37.6 Å². The van der Waals surface area contributed by atoms with Crippen molar-refractivity contribution in [1.29, 1.82) is 0 Å². The van der Waals surface area contributed by atoms with Gasteiger partial charge in [-0.25, -0.2) is 9.37 Å². The van der Waals surface area contributed by atoms with Crippen molar-refractivity contribution in [1.82, 2.24) is 4.98 Å². The molecule has 0 radical (unpaired) electrons. The van der Waals surface area contributed by atoms with Gasteiger partial charge in [0.2, 0.25) is 5.95 Å². The average molecular weight is 301 g/mol. The van der Waals surface area contributed by atoms with Gasteiger partial charge >= 0.3 is 0 Å². The van der Waals surface area contributed by atoms with Gasteiger partial charge in [0.05, 0.1) is 0 Å². The van der Waals surface area contributed by atoms with Crippen LogP contribution in [-0.2, 0) is 0 Å². The number of nitrogens with zero attached hydrogens (tertiary/aromatic N) is 1. The number of rotatable bonds is 3. The van der Waals surface area contributed by atoms with Crippen molar-refractivity contribution < 1.29 is 8.78 Å². The maximum atomic E-state index is 13.3. The molecule has 1 aliphatic rings. The first-order valence-electron chi connectivity index (χ1n) is 8.08. The van der Waals surface area contributed by atoms with Gasteiger partial charge in [0.1, 0.15) is 0 Å². The Kier molecular flexibility index (Phi) is 4.51. The van der Waals surface area contributed by atoms with Crippen molar-refractivity contribution in [3.8, 4) is 11.1 Å². The third-order valence-electron chi connectivity index (χ3n) is 4.94. The van der Waals surface area contributed by atoms with Gasteiger partial charge in [-0.2, -0.15) is 4.39 Å². The molecule has 1 aliphatic carbocycles. The number of aromatic nitrogens is 1. The number of hydrogen-bond acceptors (Lipinski definition) is 1. The van der Waals surface area contributed by atoms with Crippen LogP contribution in [0.4, 0.5) is 8.78 Å². The number of halogens is 2. The normalized spacial score (nSPS) is 21.8. The molecule has 1 aromatic heterocycles. The van der Waals surface area contributed by atoms with Crippen molar-refractivity contribution in [2.24, 2.45) is 5.92 Å². The summed E-state index contributed by atoms with van der Waals surface area (Å²) in [6.45, 7) is 2.27. The molecule has 1 nitrogen and oxygen atoms in total. The summed E-state index contributed by atoms with van der Waals surface area (Å²) in [5.41, 5.74) is 2.84. The topological polar surface area (TPSA) is 12.9 Å². The lowest BCUT2D eigenvalue weighted by Crippen LogP contribution is -2.12. The van der Waals surface area contributed by atoms with Crippen LogP contribution in [0, 0.1) is 17.7 Å². The van der Waals surface area contributed by atoms with E-state index in [2.05, 4.69) is 24.0 Å². The van der Waals surface area contributed by atoms with Gasteiger partial charge in [0.25, 0.3) is 0 Å². The van der Waals surface area contributed by atoms with Gasteiger partial charge in [0, 0.05) is 11.8 Å². The predicted octanol–water partition coefficient (Wildman–Crippen LogP) is 5.71. The van der Waals surface area contributed by atoms with Crippen LogP contribution in [-0.4, -0.2) is 4.98 Å². The zero-order valence-electron chi connectivity index (χ0n) is 12.9. The van der Waals surface area contributed by atoms with Crippen LogP contribution in [0.1, 0.15) is 50.5 Å². The number of pyridine rings is 1. The third kappa shape index (κ3) is 3.18. The molecule has 1 aromatic carbocycles. The summed E-state index contributed by atoms with van der Waals surface area (Å²) in [6.07, 6.45) is 7.80. The van der Waals surface area contributed by atoms with Crippen LogP contribution in [0.3, 0.4) is 0 Å². The highest BCUT2D eigenvalue weighted by Crippen LogP contribution is 2.37. The smallest absolute Gasteiger partial charge is 0.225 e. The number of benzene rings is 1. The fraction of sp³-hybridized carbons (Fsp3) is 0.421. The lowest BCUT2D eigenvalue weighted by molar-refractivity contribution is 0.319. The molecule has 0 saturated heterocycles. The monoisotopic (exact) mass is 301 g/mol. The highest BCUT2D eigenvalue weighted by molar-refractivity contribution is 5.62. The van der Waals surface area contributed by atoms with Gasteiger partial charge < -0.3 is 0 Å². The first-order valence-corrected chi connectivity index (χ1v) is 8.08. The average Bonchev–Trinajstić information content (AvgIpc) is 2.58. The highest BCUT2D eigenvalue weighted by atomic mass is 19.2. The minimum atomic E-state index is -1.05. The van der Waals surface area contributed by atoms with Crippen LogP contribution in [0.15, 0.2) is 36.5 Å². The summed E-state index contributed by atoms with van der Waals surface area (Å²) in [5, 5.41) is 0. The van der Waals surface area contributed by atoms with E-state index in [0.29, 0.717) is 11.5 Å². The van der Waals surface area contributed by atoms with Crippen molar-refractivity contribution in [3.63, 3.8) is 0 Å². The van der Waals surface area contributed by atoms with E-state index in [9.17, 15) is 8.78 Å². The molecule has 1 fully saturated rings.